The van der Waals surface area contributed by atoms with E-state index in [0.29, 0.717) is 9.79 Å². The predicted octanol–water partition coefficient (Wildman–Crippen LogP) is 4.84. The van der Waals surface area contributed by atoms with Crippen molar-refractivity contribution in [3.05, 3.63) is 57.6 Å². The third kappa shape index (κ3) is 8.65. The van der Waals surface area contributed by atoms with Crippen LogP contribution in [0.5, 0.6) is 0 Å². The summed E-state index contributed by atoms with van der Waals surface area (Å²) in [5.41, 5.74) is 6.22. The fourth-order valence-electron chi connectivity index (χ4n) is 3.54. The van der Waals surface area contributed by atoms with E-state index in [1.807, 2.05) is 52.0 Å². The molecular weight excluding hydrogens is 456 g/mol. The summed E-state index contributed by atoms with van der Waals surface area (Å²) in [6.45, 7) is 12.1. The molecule has 168 valence electrons. The van der Waals surface area contributed by atoms with Crippen LogP contribution < -0.4 is 0 Å². The van der Waals surface area contributed by atoms with Crippen LogP contribution >= 0.6 is 0 Å². The minimum absolute atomic E-state index is 0. The van der Waals surface area contributed by atoms with Gasteiger partial charge in [0.05, 0.1) is 0 Å². The van der Waals surface area contributed by atoms with Crippen molar-refractivity contribution < 1.29 is 17.5 Å². The van der Waals surface area contributed by atoms with Crippen LogP contribution in [0.3, 0.4) is 0 Å². The molecule has 0 radical (unpaired) electrons. The first-order chi connectivity index (χ1) is 14.3. The minimum atomic E-state index is -2.11. The number of aryl methyl sites for hydroxylation is 6. The van der Waals surface area contributed by atoms with E-state index in [2.05, 4.69) is 13.8 Å². The summed E-state index contributed by atoms with van der Waals surface area (Å²) < 4.78 is 44.6. The second-order valence-electron chi connectivity index (χ2n) is 7.08. The molecule has 2 rings (SSSR count). The number of hydrogen-bond donors (Lipinski definition) is 0. The maximum absolute atomic E-state index is 11.2. The summed E-state index contributed by atoms with van der Waals surface area (Å²) in [7, 11) is 0. The molecule has 4 nitrogen and oxygen atoms in total. The zero-order valence-corrected chi connectivity index (χ0v) is 23.6. The summed E-state index contributed by atoms with van der Waals surface area (Å²) in [5, 5.41) is 0. The normalized spacial score (nSPS) is 12.4. The zero-order chi connectivity index (χ0) is 22.8. The molecule has 0 bridgehead atoms. The Morgan fingerprint density at radius 1 is 0.548 bits per heavy atom. The maximum Gasteiger partial charge on any atom is 2.00 e. The van der Waals surface area contributed by atoms with Gasteiger partial charge < -0.3 is 9.11 Å². The van der Waals surface area contributed by atoms with Crippen molar-refractivity contribution in [1.82, 2.24) is 0 Å². The first kappa shape index (κ1) is 30.9. The van der Waals surface area contributed by atoms with Gasteiger partial charge in [0.15, 0.2) is 0 Å². The monoisotopic (exact) mass is 490 g/mol. The van der Waals surface area contributed by atoms with E-state index in [4.69, 9.17) is 0 Å². The van der Waals surface area contributed by atoms with Crippen LogP contribution in [0.15, 0.2) is 34.1 Å². The van der Waals surface area contributed by atoms with E-state index in [9.17, 15) is 17.5 Å². The molecule has 2 aromatic carbocycles. The largest absolute Gasteiger partial charge is 2.00 e. The van der Waals surface area contributed by atoms with E-state index in [1.54, 1.807) is 0 Å². The van der Waals surface area contributed by atoms with Crippen LogP contribution in [0, 0.1) is 0 Å². The molecule has 31 heavy (non-hydrogen) atoms. The van der Waals surface area contributed by atoms with Crippen molar-refractivity contribution in [3.63, 3.8) is 0 Å². The van der Waals surface area contributed by atoms with E-state index in [0.717, 1.165) is 60.8 Å². The molecule has 0 saturated heterocycles. The third-order valence-corrected chi connectivity index (χ3v) is 6.99. The first-order valence-corrected chi connectivity index (χ1v) is 12.9. The molecular formula is C24H34CaO4S2. The van der Waals surface area contributed by atoms with E-state index in [-0.39, 0.29) is 37.7 Å². The molecule has 2 atom stereocenters. The second-order valence-corrected chi connectivity index (χ2v) is 8.83. The molecule has 0 amide bonds. The molecule has 2 unspecified atom stereocenters. The Morgan fingerprint density at radius 3 is 0.903 bits per heavy atom. The van der Waals surface area contributed by atoms with Crippen LogP contribution in [-0.2, 0) is 60.7 Å². The predicted molar refractivity (Wildman–Crippen MR) is 129 cm³/mol. The van der Waals surface area contributed by atoms with Crippen molar-refractivity contribution in [2.75, 3.05) is 0 Å². The van der Waals surface area contributed by atoms with Crippen molar-refractivity contribution in [2.45, 2.75) is 89.9 Å². The molecule has 0 saturated carbocycles. The first-order valence-electron chi connectivity index (χ1n) is 10.7. The average Bonchev–Trinajstić information content (AvgIpc) is 2.76. The number of rotatable bonds is 8. The fraction of sp³-hybridized carbons (Fsp3) is 0.500. The van der Waals surface area contributed by atoms with Gasteiger partial charge in [-0.05, 0) is 94.1 Å². The van der Waals surface area contributed by atoms with Gasteiger partial charge in [0.1, 0.15) is 0 Å². The Kier molecular flexibility index (Phi) is 15.7. The third-order valence-electron chi connectivity index (χ3n) is 5.28. The molecule has 0 heterocycles. The molecule has 2 aromatic rings. The van der Waals surface area contributed by atoms with Crippen LogP contribution in [0.1, 0.15) is 74.9 Å². The van der Waals surface area contributed by atoms with Crippen molar-refractivity contribution >= 4 is 59.9 Å². The average molecular weight is 491 g/mol. The van der Waals surface area contributed by atoms with Crippen molar-refractivity contribution in [1.29, 1.82) is 0 Å². The van der Waals surface area contributed by atoms with Crippen LogP contribution in [0.2, 0.25) is 0 Å². The van der Waals surface area contributed by atoms with E-state index >= 15 is 0 Å². The number of hydrogen-bond acceptors (Lipinski definition) is 4. The molecule has 0 fully saturated rings. The van der Waals surface area contributed by atoms with E-state index in [1.165, 1.54) is 11.1 Å². The topological polar surface area (TPSA) is 80.3 Å². The fourth-order valence-corrected chi connectivity index (χ4v) is 5.21. The molecule has 0 aliphatic carbocycles. The van der Waals surface area contributed by atoms with Gasteiger partial charge in [0, 0.05) is 9.79 Å². The Labute approximate surface area is 223 Å². The van der Waals surface area contributed by atoms with Crippen LogP contribution in [0.4, 0.5) is 0 Å². The molecule has 0 aliphatic rings. The molecule has 7 heteroatoms. The zero-order valence-electron chi connectivity index (χ0n) is 19.7. The minimum Gasteiger partial charge on any atom is -0.768 e. The Morgan fingerprint density at radius 2 is 0.774 bits per heavy atom. The summed E-state index contributed by atoms with van der Waals surface area (Å²) in [6, 6.07) is 8.02. The van der Waals surface area contributed by atoms with Gasteiger partial charge in [-0.1, -0.05) is 65.8 Å². The standard InChI is InChI=1S/2C12H18O2S.Ca/c2*1-4-9-7-10(5-2)12(15(13)14)11(6-3)8-9;/h2*7-8H,4-6H2,1-3H3,(H,13,14);/q;;+2/p-2. The SMILES string of the molecule is CCc1cc(CC)c(S(=O)[O-])c(CC)c1.CCc1cc(CC)c(S(=O)[O-])c(CC)c1.[Ca+2]. The van der Waals surface area contributed by atoms with Crippen molar-refractivity contribution in [2.24, 2.45) is 0 Å². The summed E-state index contributed by atoms with van der Waals surface area (Å²) in [6.07, 6.45) is 4.97. The van der Waals surface area contributed by atoms with E-state index < -0.39 is 22.2 Å². The molecule has 0 N–H and O–H groups in total. The summed E-state index contributed by atoms with van der Waals surface area (Å²) >= 11 is -4.22. The van der Waals surface area contributed by atoms with Gasteiger partial charge in [-0.15, -0.1) is 0 Å². The van der Waals surface area contributed by atoms with Gasteiger partial charge in [-0.2, -0.15) is 0 Å². The van der Waals surface area contributed by atoms with Crippen molar-refractivity contribution in [3.8, 4) is 0 Å². The van der Waals surface area contributed by atoms with Gasteiger partial charge >= 0.3 is 37.7 Å². The number of benzene rings is 2. The quantitative estimate of drug-likeness (QED) is 0.392. The Balaban J connectivity index is 0.000000562. The van der Waals surface area contributed by atoms with Gasteiger partial charge in [-0.3, -0.25) is 8.42 Å². The summed E-state index contributed by atoms with van der Waals surface area (Å²) in [4.78, 5) is 1.02. The second kappa shape index (κ2) is 15.7. The van der Waals surface area contributed by atoms with Gasteiger partial charge in [-0.25, -0.2) is 0 Å². The van der Waals surface area contributed by atoms with Crippen LogP contribution in [-0.4, -0.2) is 55.3 Å². The van der Waals surface area contributed by atoms with Crippen LogP contribution in [0.25, 0.3) is 0 Å². The Bertz CT molecular complexity index is 774. The van der Waals surface area contributed by atoms with Gasteiger partial charge in [0.25, 0.3) is 0 Å². The summed E-state index contributed by atoms with van der Waals surface area (Å²) in [5.74, 6) is 0. The van der Waals surface area contributed by atoms with Gasteiger partial charge in [0.2, 0.25) is 0 Å². The smallest absolute Gasteiger partial charge is 0.768 e. The maximum atomic E-state index is 11.2. The Hall–Kier alpha value is -0.0803. The molecule has 0 aromatic heterocycles. The molecule has 0 aliphatic heterocycles. The molecule has 0 spiro atoms.